The van der Waals surface area contributed by atoms with Crippen LogP contribution in [0.2, 0.25) is 0 Å². The first-order valence-corrected chi connectivity index (χ1v) is 8.55. The zero-order valence-electron chi connectivity index (χ0n) is 15.4. The number of benzene rings is 2. The molecule has 8 heteroatoms. The number of nitrogens with one attached hydrogen (secondary N) is 1. The molecule has 2 heterocycles. The van der Waals surface area contributed by atoms with Crippen LogP contribution in [-0.4, -0.2) is 40.2 Å². The number of nitrogens with zero attached hydrogens (tertiary/aromatic N) is 5. The number of para-hydroxylation sites is 1. The smallest absolute Gasteiger partial charge is 0.168 e. The Balaban J connectivity index is 1.59. The molecule has 0 bridgehead atoms. The summed E-state index contributed by atoms with van der Waals surface area (Å²) in [6.45, 7) is 0. The molecule has 1 N–H and O–H groups in total. The summed E-state index contributed by atoms with van der Waals surface area (Å²) in [5, 5.41) is 9.48. The quantitative estimate of drug-likeness (QED) is 0.412. The highest BCUT2D eigenvalue weighted by molar-refractivity contribution is 5.88. The molecule has 0 saturated carbocycles. The summed E-state index contributed by atoms with van der Waals surface area (Å²) in [7, 11) is 3.20. The van der Waals surface area contributed by atoms with Crippen molar-refractivity contribution in [2.75, 3.05) is 19.6 Å². The summed E-state index contributed by atoms with van der Waals surface area (Å²) in [5.41, 5.74) is 5.44. The number of aromatic nitrogens is 4. The minimum Gasteiger partial charge on any atom is -0.493 e. The van der Waals surface area contributed by atoms with Crippen molar-refractivity contribution in [2.45, 2.75) is 0 Å². The van der Waals surface area contributed by atoms with Crippen LogP contribution in [0.25, 0.3) is 16.7 Å². The normalized spacial score (nSPS) is 11.1. The van der Waals surface area contributed by atoms with Crippen molar-refractivity contribution in [3.63, 3.8) is 0 Å². The van der Waals surface area contributed by atoms with Crippen molar-refractivity contribution in [1.82, 2.24) is 19.7 Å². The maximum atomic E-state index is 5.31. The predicted octanol–water partition coefficient (Wildman–Crippen LogP) is 3.28. The second kappa shape index (κ2) is 7.75. The highest BCUT2D eigenvalue weighted by atomic mass is 16.5. The largest absolute Gasteiger partial charge is 0.493 e. The van der Waals surface area contributed by atoms with E-state index in [-0.39, 0.29) is 0 Å². The minimum absolute atomic E-state index is 0.573. The summed E-state index contributed by atoms with van der Waals surface area (Å²) < 4.78 is 12.3. The molecule has 8 nitrogen and oxygen atoms in total. The Bertz CT molecular complexity index is 1120. The molecular formula is C20H18N6O2. The number of hydrazone groups is 1. The summed E-state index contributed by atoms with van der Waals surface area (Å²) in [6.07, 6.45) is 4.88. The molecule has 0 unspecified atom stereocenters. The molecule has 2 aromatic heterocycles. The van der Waals surface area contributed by atoms with Gasteiger partial charge in [-0.3, -0.25) is 5.43 Å². The van der Waals surface area contributed by atoms with E-state index in [9.17, 15) is 0 Å². The molecule has 0 aliphatic carbocycles. The fourth-order valence-electron chi connectivity index (χ4n) is 2.79. The molecule has 4 rings (SSSR count). The molecule has 140 valence electrons. The minimum atomic E-state index is 0.573. The first kappa shape index (κ1) is 17.5. The van der Waals surface area contributed by atoms with Gasteiger partial charge >= 0.3 is 0 Å². The first-order valence-electron chi connectivity index (χ1n) is 8.55. The zero-order chi connectivity index (χ0) is 19.3. The van der Waals surface area contributed by atoms with Crippen molar-refractivity contribution in [1.29, 1.82) is 0 Å². The van der Waals surface area contributed by atoms with Crippen molar-refractivity contribution in [3.05, 3.63) is 66.6 Å². The van der Waals surface area contributed by atoms with Gasteiger partial charge in [0.25, 0.3) is 0 Å². The van der Waals surface area contributed by atoms with Gasteiger partial charge in [0.05, 0.1) is 37.7 Å². The molecule has 0 radical (unpaired) electrons. The van der Waals surface area contributed by atoms with Crippen molar-refractivity contribution < 1.29 is 9.47 Å². The number of methoxy groups -OCH3 is 2. The van der Waals surface area contributed by atoms with Gasteiger partial charge in [0.2, 0.25) is 0 Å². The number of hydrogen-bond acceptors (Lipinski definition) is 7. The van der Waals surface area contributed by atoms with Crippen LogP contribution in [0.4, 0.5) is 5.82 Å². The van der Waals surface area contributed by atoms with Gasteiger partial charge in [-0.05, 0) is 35.9 Å². The number of fused-ring (bicyclic) bond motifs is 1. The third-order valence-electron chi connectivity index (χ3n) is 4.16. The lowest BCUT2D eigenvalue weighted by Crippen LogP contribution is -1.99. The molecule has 2 aromatic carbocycles. The van der Waals surface area contributed by atoms with Crippen LogP contribution in [0, 0.1) is 0 Å². The van der Waals surface area contributed by atoms with Crippen LogP contribution in [-0.2, 0) is 0 Å². The number of anilines is 1. The van der Waals surface area contributed by atoms with E-state index in [1.54, 1.807) is 31.3 Å². The van der Waals surface area contributed by atoms with Crippen LogP contribution < -0.4 is 14.9 Å². The lowest BCUT2D eigenvalue weighted by atomic mass is 10.2. The summed E-state index contributed by atoms with van der Waals surface area (Å²) in [5.74, 6) is 1.88. The SMILES string of the molecule is COc1ccc(/C=N/Nc2ncnc3c2cnn3-c2ccccc2)cc1OC. The van der Waals surface area contributed by atoms with Gasteiger partial charge in [-0.25, -0.2) is 14.6 Å². The Hall–Kier alpha value is -3.94. The molecule has 28 heavy (non-hydrogen) atoms. The van der Waals surface area contributed by atoms with Gasteiger partial charge in [0.15, 0.2) is 23.0 Å². The molecule has 0 saturated heterocycles. The Morgan fingerprint density at radius 3 is 2.61 bits per heavy atom. The van der Waals surface area contributed by atoms with E-state index < -0.39 is 0 Å². The van der Waals surface area contributed by atoms with E-state index in [1.807, 2.05) is 48.5 Å². The average molecular weight is 374 g/mol. The standard InChI is InChI=1S/C20H18N6O2/c1-27-17-9-8-14(10-18(17)28-2)11-23-25-19-16-12-24-26(20(16)22-13-21-19)15-6-4-3-5-7-15/h3-13H,1-2H3,(H,21,22,25)/b23-11+. The predicted molar refractivity (Wildman–Crippen MR) is 107 cm³/mol. The molecule has 0 aliphatic heterocycles. The number of ether oxygens (including phenoxy) is 2. The molecular weight excluding hydrogens is 356 g/mol. The van der Waals surface area contributed by atoms with Gasteiger partial charge in [-0.15, -0.1) is 0 Å². The average Bonchev–Trinajstić information content (AvgIpc) is 3.19. The van der Waals surface area contributed by atoms with Gasteiger partial charge in [-0.1, -0.05) is 18.2 Å². The zero-order valence-corrected chi connectivity index (χ0v) is 15.4. The van der Waals surface area contributed by atoms with E-state index in [4.69, 9.17) is 9.47 Å². The van der Waals surface area contributed by atoms with Crippen molar-refractivity contribution in [2.24, 2.45) is 5.10 Å². The molecule has 0 fully saturated rings. The summed E-state index contributed by atoms with van der Waals surface area (Å²) in [6, 6.07) is 15.4. The van der Waals surface area contributed by atoms with Crippen LogP contribution in [0.3, 0.4) is 0 Å². The van der Waals surface area contributed by atoms with E-state index in [0.717, 1.165) is 16.6 Å². The second-order valence-corrected chi connectivity index (χ2v) is 5.84. The fourth-order valence-corrected chi connectivity index (χ4v) is 2.79. The van der Waals surface area contributed by atoms with E-state index >= 15 is 0 Å². The van der Waals surface area contributed by atoms with Crippen molar-refractivity contribution in [3.8, 4) is 17.2 Å². The van der Waals surface area contributed by atoms with E-state index in [2.05, 4.69) is 25.6 Å². The highest BCUT2D eigenvalue weighted by Gasteiger charge is 2.10. The summed E-state index contributed by atoms with van der Waals surface area (Å²) in [4.78, 5) is 8.63. The highest BCUT2D eigenvalue weighted by Crippen LogP contribution is 2.27. The van der Waals surface area contributed by atoms with Crippen LogP contribution in [0.1, 0.15) is 5.56 Å². The maximum absolute atomic E-state index is 5.31. The first-order chi connectivity index (χ1) is 13.8. The van der Waals surface area contributed by atoms with Crippen LogP contribution in [0.5, 0.6) is 11.5 Å². The molecule has 0 atom stereocenters. The topological polar surface area (TPSA) is 86.5 Å². The number of hydrogen-bond donors (Lipinski definition) is 1. The fraction of sp³-hybridized carbons (Fsp3) is 0.100. The van der Waals surface area contributed by atoms with Crippen LogP contribution in [0.15, 0.2) is 66.2 Å². The Morgan fingerprint density at radius 1 is 1.00 bits per heavy atom. The summed E-state index contributed by atoms with van der Waals surface area (Å²) >= 11 is 0. The molecule has 0 aliphatic rings. The van der Waals surface area contributed by atoms with Gasteiger partial charge < -0.3 is 9.47 Å². The lowest BCUT2D eigenvalue weighted by Gasteiger charge is -2.07. The van der Waals surface area contributed by atoms with Gasteiger partial charge in [0, 0.05) is 0 Å². The van der Waals surface area contributed by atoms with Gasteiger partial charge in [0.1, 0.15) is 6.33 Å². The Kier molecular flexibility index (Phi) is 4.83. The lowest BCUT2D eigenvalue weighted by molar-refractivity contribution is 0.355. The maximum Gasteiger partial charge on any atom is 0.168 e. The Labute approximate surface area is 161 Å². The van der Waals surface area contributed by atoms with Crippen LogP contribution >= 0.6 is 0 Å². The van der Waals surface area contributed by atoms with Crippen molar-refractivity contribution >= 4 is 23.1 Å². The third kappa shape index (κ3) is 3.35. The molecule has 0 spiro atoms. The van der Waals surface area contributed by atoms with E-state index in [0.29, 0.717) is 23.0 Å². The molecule has 4 aromatic rings. The monoisotopic (exact) mass is 374 g/mol. The molecule has 0 amide bonds. The number of rotatable bonds is 6. The Morgan fingerprint density at radius 2 is 1.82 bits per heavy atom. The van der Waals surface area contributed by atoms with Gasteiger partial charge in [-0.2, -0.15) is 10.2 Å². The third-order valence-corrected chi connectivity index (χ3v) is 4.16. The second-order valence-electron chi connectivity index (χ2n) is 5.84. The van der Waals surface area contributed by atoms with E-state index in [1.165, 1.54) is 6.33 Å².